The molecule has 0 saturated heterocycles. The van der Waals surface area contributed by atoms with Gasteiger partial charge in [0.1, 0.15) is 11.6 Å². The van der Waals surface area contributed by atoms with Gasteiger partial charge in [0.25, 0.3) is 5.91 Å². The summed E-state index contributed by atoms with van der Waals surface area (Å²) in [5, 5.41) is 3.09. The highest BCUT2D eigenvalue weighted by molar-refractivity contribution is 6.30. The van der Waals surface area contributed by atoms with E-state index in [9.17, 15) is 14.0 Å². The Hall–Kier alpha value is -2.60. The van der Waals surface area contributed by atoms with Crippen LogP contribution in [-0.2, 0) is 20.9 Å². The van der Waals surface area contributed by atoms with Gasteiger partial charge in [-0.1, -0.05) is 29.8 Å². The van der Waals surface area contributed by atoms with Gasteiger partial charge in [-0.05, 0) is 42.8 Å². The quantitative estimate of drug-likeness (QED) is 0.766. The Morgan fingerprint density at radius 3 is 2.60 bits per heavy atom. The maximum absolute atomic E-state index is 12.8. The number of esters is 1. The molecule has 0 unspecified atom stereocenters. The summed E-state index contributed by atoms with van der Waals surface area (Å²) in [5.74, 6) is -1.06. The van der Waals surface area contributed by atoms with Crippen LogP contribution in [0.25, 0.3) is 0 Å². The second kappa shape index (κ2) is 9.03. The minimum Gasteiger partial charge on any atom is -0.482 e. The zero-order valence-electron chi connectivity index (χ0n) is 13.5. The van der Waals surface area contributed by atoms with Crippen LogP contribution in [0.4, 0.5) is 4.39 Å². The van der Waals surface area contributed by atoms with Crippen LogP contribution in [0.1, 0.15) is 12.5 Å². The molecule has 0 aliphatic rings. The molecule has 7 heteroatoms. The minimum atomic E-state index is -0.976. The Morgan fingerprint density at radius 2 is 1.92 bits per heavy atom. The third kappa shape index (κ3) is 6.43. The maximum atomic E-state index is 12.8. The molecule has 0 radical (unpaired) electrons. The van der Waals surface area contributed by atoms with Crippen molar-refractivity contribution in [1.29, 1.82) is 0 Å². The van der Waals surface area contributed by atoms with Crippen molar-refractivity contribution < 1.29 is 23.5 Å². The van der Waals surface area contributed by atoms with Crippen molar-refractivity contribution >= 4 is 23.5 Å². The monoisotopic (exact) mass is 365 g/mol. The van der Waals surface area contributed by atoms with E-state index in [-0.39, 0.29) is 19.0 Å². The Morgan fingerprint density at radius 1 is 1.20 bits per heavy atom. The van der Waals surface area contributed by atoms with E-state index in [4.69, 9.17) is 21.1 Å². The minimum absolute atomic E-state index is 0.208. The summed E-state index contributed by atoms with van der Waals surface area (Å²) < 4.78 is 23.1. The van der Waals surface area contributed by atoms with Gasteiger partial charge in [-0.3, -0.25) is 4.79 Å². The number of ether oxygens (including phenoxy) is 2. The first-order valence-electron chi connectivity index (χ1n) is 7.54. The Labute approximate surface area is 149 Å². The number of benzene rings is 2. The number of carbonyl (C=O) groups excluding carboxylic acids is 2. The number of nitrogens with one attached hydrogen (secondary N) is 1. The fourth-order valence-corrected chi connectivity index (χ4v) is 2.10. The van der Waals surface area contributed by atoms with Gasteiger partial charge < -0.3 is 14.8 Å². The van der Waals surface area contributed by atoms with Crippen LogP contribution in [0.3, 0.4) is 0 Å². The molecule has 0 spiro atoms. The molecule has 132 valence electrons. The summed E-state index contributed by atoms with van der Waals surface area (Å²) in [6, 6.07) is 12.3. The fraction of sp³-hybridized carbons (Fsp3) is 0.222. The molecule has 0 fully saturated rings. The molecule has 2 aromatic rings. The molecule has 25 heavy (non-hydrogen) atoms. The lowest BCUT2D eigenvalue weighted by Crippen LogP contribution is -2.36. The normalized spacial score (nSPS) is 11.5. The van der Waals surface area contributed by atoms with Crippen molar-refractivity contribution in [2.24, 2.45) is 0 Å². The predicted molar refractivity (Wildman–Crippen MR) is 90.7 cm³/mol. The van der Waals surface area contributed by atoms with Crippen LogP contribution in [0, 0.1) is 5.82 Å². The van der Waals surface area contributed by atoms with Crippen LogP contribution < -0.4 is 10.1 Å². The largest absolute Gasteiger partial charge is 0.482 e. The molecule has 0 aliphatic heterocycles. The predicted octanol–water partition coefficient (Wildman–Crippen LogP) is 3.11. The van der Waals surface area contributed by atoms with Crippen molar-refractivity contribution in [3.05, 3.63) is 64.9 Å². The average molecular weight is 366 g/mol. The average Bonchev–Trinajstić information content (AvgIpc) is 2.59. The number of hydrogen-bond donors (Lipinski definition) is 1. The first-order valence-corrected chi connectivity index (χ1v) is 7.92. The number of hydrogen-bond acceptors (Lipinski definition) is 4. The summed E-state index contributed by atoms with van der Waals surface area (Å²) in [6.45, 7) is 1.33. The van der Waals surface area contributed by atoms with E-state index >= 15 is 0 Å². The standard InChI is InChI=1S/C18H17ClFNO4/c1-12(18(23)21-10-13-5-7-15(20)8-6-13)25-17(22)11-24-16-4-2-3-14(19)9-16/h2-9,12H,10-11H2,1H3,(H,21,23)/t12-/m1/s1. The number of rotatable bonds is 7. The SMILES string of the molecule is C[C@@H](OC(=O)COc1cccc(Cl)c1)C(=O)NCc1ccc(F)cc1. The van der Waals surface area contributed by atoms with Gasteiger partial charge >= 0.3 is 5.97 Å². The summed E-state index contributed by atoms with van der Waals surface area (Å²) in [6.07, 6.45) is -0.976. The van der Waals surface area contributed by atoms with Crippen molar-refractivity contribution in [2.45, 2.75) is 19.6 Å². The highest BCUT2D eigenvalue weighted by atomic mass is 35.5. The van der Waals surface area contributed by atoms with Gasteiger partial charge in [0.05, 0.1) is 0 Å². The van der Waals surface area contributed by atoms with E-state index in [0.29, 0.717) is 10.8 Å². The maximum Gasteiger partial charge on any atom is 0.344 e. The lowest BCUT2D eigenvalue weighted by molar-refractivity contribution is -0.156. The summed E-state index contributed by atoms with van der Waals surface area (Å²) in [4.78, 5) is 23.6. The highest BCUT2D eigenvalue weighted by Gasteiger charge is 2.17. The van der Waals surface area contributed by atoms with E-state index in [1.54, 1.807) is 36.4 Å². The van der Waals surface area contributed by atoms with E-state index < -0.39 is 18.0 Å². The van der Waals surface area contributed by atoms with E-state index in [1.165, 1.54) is 19.1 Å². The highest BCUT2D eigenvalue weighted by Crippen LogP contribution is 2.17. The summed E-state index contributed by atoms with van der Waals surface area (Å²) >= 11 is 5.81. The van der Waals surface area contributed by atoms with Crippen LogP contribution in [-0.4, -0.2) is 24.6 Å². The van der Waals surface area contributed by atoms with Crippen LogP contribution in [0.15, 0.2) is 48.5 Å². The van der Waals surface area contributed by atoms with Crippen LogP contribution >= 0.6 is 11.6 Å². The smallest absolute Gasteiger partial charge is 0.344 e. The molecule has 0 aliphatic carbocycles. The molecule has 0 aromatic heterocycles. The van der Waals surface area contributed by atoms with Gasteiger partial charge in [0.2, 0.25) is 0 Å². The van der Waals surface area contributed by atoms with Crippen molar-refractivity contribution in [1.82, 2.24) is 5.32 Å². The third-order valence-electron chi connectivity index (χ3n) is 3.21. The van der Waals surface area contributed by atoms with Gasteiger partial charge in [-0.2, -0.15) is 0 Å². The number of carbonyl (C=O) groups is 2. The third-order valence-corrected chi connectivity index (χ3v) is 3.45. The van der Waals surface area contributed by atoms with Crippen molar-refractivity contribution in [3.63, 3.8) is 0 Å². The summed E-state index contributed by atoms with van der Waals surface area (Å²) in [5.41, 5.74) is 0.734. The lowest BCUT2D eigenvalue weighted by Gasteiger charge is -2.14. The van der Waals surface area contributed by atoms with E-state index in [0.717, 1.165) is 5.56 Å². The number of amides is 1. The Bertz CT molecular complexity index is 736. The first kappa shape index (κ1) is 18.7. The molecule has 5 nitrogen and oxygen atoms in total. The van der Waals surface area contributed by atoms with Crippen molar-refractivity contribution in [2.75, 3.05) is 6.61 Å². The van der Waals surface area contributed by atoms with E-state index in [1.807, 2.05) is 0 Å². The second-order valence-corrected chi connectivity index (χ2v) is 5.66. The van der Waals surface area contributed by atoms with Gasteiger partial charge in [-0.25, -0.2) is 9.18 Å². The van der Waals surface area contributed by atoms with Crippen LogP contribution in [0.2, 0.25) is 5.02 Å². The Kier molecular flexibility index (Phi) is 6.77. The molecular weight excluding hydrogens is 349 g/mol. The molecule has 1 amide bonds. The zero-order chi connectivity index (χ0) is 18.2. The molecule has 1 atom stereocenters. The lowest BCUT2D eigenvalue weighted by atomic mass is 10.2. The van der Waals surface area contributed by atoms with Crippen molar-refractivity contribution in [3.8, 4) is 5.75 Å². The van der Waals surface area contributed by atoms with Gasteiger partial charge in [0.15, 0.2) is 12.7 Å². The molecule has 2 rings (SSSR count). The molecular formula is C18H17ClFNO4. The summed E-state index contributed by atoms with van der Waals surface area (Å²) in [7, 11) is 0. The Balaban J connectivity index is 1.74. The first-order chi connectivity index (χ1) is 11.9. The topological polar surface area (TPSA) is 64.6 Å². The second-order valence-electron chi connectivity index (χ2n) is 5.22. The number of halogens is 2. The molecule has 2 aromatic carbocycles. The molecule has 0 bridgehead atoms. The fourth-order valence-electron chi connectivity index (χ4n) is 1.92. The van der Waals surface area contributed by atoms with Gasteiger partial charge in [0, 0.05) is 11.6 Å². The molecule has 0 saturated carbocycles. The molecule has 1 N–H and O–H groups in total. The van der Waals surface area contributed by atoms with E-state index in [2.05, 4.69) is 5.32 Å². The van der Waals surface area contributed by atoms with Gasteiger partial charge in [-0.15, -0.1) is 0 Å². The molecule has 0 heterocycles. The van der Waals surface area contributed by atoms with Crippen LogP contribution in [0.5, 0.6) is 5.75 Å². The zero-order valence-corrected chi connectivity index (χ0v) is 14.3.